The van der Waals surface area contributed by atoms with Gasteiger partial charge in [-0.05, 0) is 11.6 Å². The minimum absolute atomic E-state index is 0.0629. The lowest BCUT2D eigenvalue weighted by atomic mass is 9.83. The lowest BCUT2D eigenvalue weighted by molar-refractivity contribution is -0.138. The molecule has 1 aliphatic heterocycles. The van der Waals surface area contributed by atoms with Crippen LogP contribution in [-0.4, -0.2) is 38.6 Å². The van der Waals surface area contributed by atoms with E-state index >= 15 is 0 Å². The van der Waals surface area contributed by atoms with Gasteiger partial charge >= 0.3 is 0 Å². The Morgan fingerprint density at radius 1 is 1.36 bits per heavy atom. The second-order valence-corrected chi connectivity index (χ2v) is 5.95. The normalized spacial score (nSPS) is 23.4. The lowest BCUT2D eigenvalue weighted by Gasteiger charge is -2.25. The summed E-state index contributed by atoms with van der Waals surface area (Å²) < 4.78 is 6.58. The molecule has 8 heteroatoms. The van der Waals surface area contributed by atoms with Crippen LogP contribution >= 0.6 is 0 Å². The molecule has 2 aromatic heterocycles. The standard InChI is InChI=1S/C17H16N4O4/c1-25-9-21-7-6-18-15(21)17(24)13(14(22)20-16(17)23)11-8-19-12-5-3-2-4-10(11)12/h2-8,13,19,24H,9H2,1H3,(H,20,22,23). The number of H-pyrrole nitrogens is 1. The van der Waals surface area contributed by atoms with Crippen LogP contribution < -0.4 is 5.32 Å². The minimum atomic E-state index is -2.12. The van der Waals surface area contributed by atoms with Crippen LogP contribution in [0.25, 0.3) is 10.9 Å². The highest BCUT2D eigenvalue weighted by molar-refractivity contribution is 6.13. The number of carbonyl (C=O) groups is 2. The van der Waals surface area contributed by atoms with Gasteiger partial charge in [0.15, 0.2) is 5.82 Å². The van der Waals surface area contributed by atoms with Crippen LogP contribution in [0, 0.1) is 0 Å². The van der Waals surface area contributed by atoms with Crippen molar-refractivity contribution >= 4 is 22.7 Å². The third kappa shape index (κ3) is 2.11. The molecule has 1 saturated heterocycles. The molecular weight excluding hydrogens is 324 g/mol. The summed E-state index contributed by atoms with van der Waals surface area (Å²) in [5.74, 6) is -2.41. The van der Waals surface area contributed by atoms with Crippen molar-refractivity contribution in [2.24, 2.45) is 0 Å². The number of nitrogens with zero attached hydrogens (tertiary/aromatic N) is 2. The zero-order valence-corrected chi connectivity index (χ0v) is 13.4. The molecule has 1 fully saturated rings. The Labute approximate surface area is 142 Å². The number of hydrogen-bond donors (Lipinski definition) is 3. The van der Waals surface area contributed by atoms with E-state index in [1.807, 2.05) is 24.3 Å². The number of rotatable bonds is 4. The van der Waals surface area contributed by atoms with Crippen LogP contribution in [0.2, 0.25) is 0 Å². The average Bonchev–Trinajstić information content (AvgIpc) is 3.27. The van der Waals surface area contributed by atoms with E-state index in [-0.39, 0.29) is 12.6 Å². The number of aromatic nitrogens is 3. The number of carbonyl (C=O) groups excluding carboxylic acids is 2. The number of aromatic amines is 1. The zero-order chi connectivity index (χ0) is 17.6. The van der Waals surface area contributed by atoms with Gasteiger partial charge in [-0.3, -0.25) is 14.9 Å². The Hall–Kier alpha value is -2.97. The number of fused-ring (bicyclic) bond motifs is 1. The van der Waals surface area contributed by atoms with E-state index in [4.69, 9.17) is 4.74 Å². The molecule has 3 N–H and O–H groups in total. The van der Waals surface area contributed by atoms with Crippen molar-refractivity contribution < 1.29 is 19.4 Å². The number of benzene rings is 1. The molecule has 2 atom stereocenters. The van der Waals surface area contributed by atoms with Crippen molar-refractivity contribution in [1.82, 2.24) is 19.9 Å². The number of nitrogens with one attached hydrogen (secondary N) is 2. The molecule has 8 nitrogen and oxygen atoms in total. The zero-order valence-electron chi connectivity index (χ0n) is 13.4. The highest BCUT2D eigenvalue weighted by Gasteiger charge is 2.59. The maximum Gasteiger partial charge on any atom is 0.267 e. The first-order valence-electron chi connectivity index (χ1n) is 7.71. The summed E-state index contributed by atoms with van der Waals surface area (Å²) in [5.41, 5.74) is -0.773. The molecule has 25 heavy (non-hydrogen) atoms. The molecule has 4 rings (SSSR count). The predicted molar refractivity (Wildman–Crippen MR) is 87.3 cm³/mol. The molecule has 2 unspecified atom stereocenters. The number of ether oxygens (including phenoxy) is 1. The third-order valence-electron chi connectivity index (χ3n) is 4.52. The van der Waals surface area contributed by atoms with Gasteiger partial charge in [0.25, 0.3) is 5.91 Å². The Morgan fingerprint density at radius 3 is 2.96 bits per heavy atom. The smallest absolute Gasteiger partial charge is 0.267 e. The third-order valence-corrected chi connectivity index (χ3v) is 4.52. The Bertz CT molecular complexity index is 976. The largest absolute Gasteiger partial charge is 0.372 e. The second kappa shape index (κ2) is 5.54. The summed E-state index contributed by atoms with van der Waals surface area (Å²) in [4.78, 5) is 32.2. The molecule has 128 valence electrons. The van der Waals surface area contributed by atoms with Crippen LogP contribution in [0.1, 0.15) is 17.3 Å². The van der Waals surface area contributed by atoms with Crippen LogP contribution in [0.4, 0.5) is 0 Å². The number of amides is 2. The van der Waals surface area contributed by atoms with Crippen molar-refractivity contribution in [3.8, 4) is 0 Å². The summed E-state index contributed by atoms with van der Waals surface area (Å²) in [6.07, 6.45) is 4.68. The molecule has 3 heterocycles. The van der Waals surface area contributed by atoms with Crippen molar-refractivity contribution in [1.29, 1.82) is 0 Å². The maximum atomic E-state index is 12.5. The van der Waals surface area contributed by atoms with Crippen LogP contribution in [-0.2, 0) is 26.7 Å². The number of imide groups is 1. The fourth-order valence-electron chi connectivity index (χ4n) is 3.42. The fraction of sp³-hybridized carbons (Fsp3) is 0.235. The first-order chi connectivity index (χ1) is 12.1. The molecule has 0 spiro atoms. The van der Waals surface area contributed by atoms with E-state index < -0.39 is 23.3 Å². The van der Waals surface area contributed by atoms with Gasteiger partial charge in [-0.15, -0.1) is 0 Å². The van der Waals surface area contributed by atoms with Gasteiger partial charge < -0.3 is 19.4 Å². The van der Waals surface area contributed by atoms with E-state index in [0.29, 0.717) is 5.56 Å². The first kappa shape index (κ1) is 15.6. The lowest BCUT2D eigenvalue weighted by Crippen LogP contribution is -2.41. The van der Waals surface area contributed by atoms with Crippen molar-refractivity contribution in [2.75, 3.05) is 7.11 Å². The molecular formula is C17H16N4O4. The van der Waals surface area contributed by atoms with Gasteiger partial charge in [0.2, 0.25) is 11.5 Å². The van der Waals surface area contributed by atoms with Gasteiger partial charge in [0, 0.05) is 36.6 Å². The topological polar surface area (TPSA) is 109 Å². The van der Waals surface area contributed by atoms with Gasteiger partial charge in [-0.25, -0.2) is 4.98 Å². The number of para-hydroxylation sites is 1. The van der Waals surface area contributed by atoms with Crippen LogP contribution in [0.5, 0.6) is 0 Å². The molecule has 2 amide bonds. The van der Waals surface area contributed by atoms with Gasteiger partial charge in [-0.1, -0.05) is 18.2 Å². The molecule has 0 radical (unpaired) electrons. The molecule has 0 aliphatic carbocycles. The SMILES string of the molecule is COCn1ccnc1C1(O)C(=O)NC(=O)C1c1c[nH]c2ccccc12. The average molecular weight is 340 g/mol. The quantitative estimate of drug-likeness (QED) is 0.603. The van der Waals surface area contributed by atoms with E-state index in [0.717, 1.165) is 10.9 Å². The van der Waals surface area contributed by atoms with Crippen molar-refractivity contribution in [2.45, 2.75) is 18.2 Å². The highest BCUT2D eigenvalue weighted by Crippen LogP contribution is 2.43. The van der Waals surface area contributed by atoms with Gasteiger partial charge in [-0.2, -0.15) is 0 Å². The summed E-state index contributed by atoms with van der Waals surface area (Å²) >= 11 is 0. The molecule has 1 aromatic carbocycles. The molecule has 0 saturated carbocycles. The van der Waals surface area contributed by atoms with Crippen molar-refractivity contribution in [3.63, 3.8) is 0 Å². The summed E-state index contributed by atoms with van der Waals surface area (Å²) in [6.45, 7) is 0.0969. The number of aliphatic hydroxyl groups is 1. The van der Waals surface area contributed by atoms with Gasteiger partial charge in [0.05, 0.1) is 0 Å². The molecule has 0 bridgehead atoms. The first-order valence-corrected chi connectivity index (χ1v) is 7.71. The van der Waals surface area contributed by atoms with Crippen molar-refractivity contribution in [3.05, 3.63) is 54.2 Å². The highest BCUT2D eigenvalue weighted by atomic mass is 16.5. The van der Waals surface area contributed by atoms with Crippen LogP contribution in [0.15, 0.2) is 42.9 Å². The second-order valence-electron chi connectivity index (χ2n) is 5.95. The maximum absolute atomic E-state index is 12.5. The predicted octanol–water partition coefficient (Wildman–Crippen LogP) is 0.596. The van der Waals surface area contributed by atoms with Gasteiger partial charge in [0.1, 0.15) is 12.6 Å². The fourth-order valence-corrected chi connectivity index (χ4v) is 3.42. The van der Waals surface area contributed by atoms with E-state index in [1.54, 1.807) is 12.4 Å². The number of methoxy groups -OCH3 is 1. The summed E-state index contributed by atoms with van der Waals surface area (Å²) in [7, 11) is 1.49. The summed E-state index contributed by atoms with van der Waals surface area (Å²) in [5, 5.41) is 14.3. The summed E-state index contributed by atoms with van der Waals surface area (Å²) in [6, 6.07) is 7.39. The molecule has 1 aliphatic rings. The monoisotopic (exact) mass is 340 g/mol. The van der Waals surface area contributed by atoms with Crippen LogP contribution in [0.3, 0.4) is 0 Å². The van der Waals surface area contributed by atoms with E-state index in [9.17, 15) is 14.7 Å². The Morgan fingerprint density at radius 2 is 2.16 bits per heavy atom. The Balaban J connectivity index is 1.92. The van der Waals surface area contributed by atoms with E-state index in [2.05, 4.69) is 15.3 Å². The minimum Gasteiger partial charge on any atom is -0.372 e. The van der Waals surface area contributed by atoms with E-state index in [1.165, 1.54) is 17.9 Å². The number of imidazole rings is 1. The number of hydrogen-bond acceptors (Lipinski definition) is 5. The Kier molecular flexibility index (Phi) is 3.45. The molecule has 3 aromatic rings.